The highest BCUT2D eigenvalue weighted by molar-refractivity contribution is 7.95. The lowest BCUT2D eigenvalue weighted by atomic mass is 10.1. The summed E-state index contributed by atoms with van der Waals surface area (Å²) in [5.74, 6) is -5.20. The number of phenolic OH excluding ortho intramolecular Hbond substituents is 5. The number of rotatable bonds is 16. The summed E-state index contributed by atoms with van der Waals surface area (Å²) < 4.78 is 117. The maximum absolute atomic E-state index is 12.8. The molecule has 11 N–H and O–H groups in total. The van der Waals surface area contributed by atoms with Crippen molar-refractivity contribution < 1.29 is 108 Å². The Hall–Kier alpha value is -5.28. The fourth-order valence-corrected chi connectivity index (χ4v) is 8.95. The van der Waals surface area contributed by atoms with Gasteiger partial charge in [0.2, 0.25) is 0 Å². The molecular weight excluding hydrogens is 977 g/mol. The Morgan fingerprint density at radius 2 is 0.937 bits per heavy atom. The van der Waals surface area contributed by atoms with Crippen LogP contribution in [0.2, 0.25) is 0 Å². The second-order valence-corrected chi connectivity index (χ2v) is 18.3. The van der Waals surface area contributed by atoms with Gasteiger partial charge in [0.05, 0.1) is 67.8 Å². The summed E-state index contributed by atoms with van der Waals surface area (Å²) in [6.45, 7) is 0. The van der Waals surface area contributed by atoms with Gasteiger partial charge in [-0.2, -0.15) is 25.3 Å². The third-order valence-corrected chi connectivity index (χ3v) is 12.4. The second kappa shape index (κ2) is 18.4. The number of hydrogen-bond acceptors (Lipinski definition) is 27. The quantitative estimate of drug-likeness (QED) is 0.0147. The van der Waals surface area contributed by atoms with Crippen LogP contribution < -0.4 is 0 Å². The van der Waals surface area contributed by atoms with Gasteiger partial charge in [0, 0.05) is 15.9 Å². The zero-order chi connectivity index (χ0) is 46.2. The van der Waals surface area contributed by atoms with Crippen molar-refractivity contribution in [2.24, 2.45) is 20.5 Å². The Labute approximate surface area is 361 Å². The third-order valence-electron chi connectivity index (χ3n) is 8.14. The molecule has 0 bridgehead atoms. The number of azo groups is 2. The summed E-state index contributed by atoms with van der Waals surface area (Å²) in [6, 6.07) is 7.92. The fraction of sp³-hybridized carbons (Fsp3) is 0. The smallest absolute Gasteiger partial charge is 0.298 e. The predicted octanol–water partition coefficient (Wildman–Crippen LogP) is 7.53. The molecule has 0 aromatic heterocycles. The first kappa shape index (κ1) is 47.2. The van der Waals surface area contributed by atoms with Crippen LogP contribution in [0.1, 0.15) is 0 Å². The van der Waals surface area contributed by atoms with Gasteiger partial charge in [-0.05, 0) is 64.7 Å². The lowest BCUT2D eigenvalue weighted by Gasteiger charge is -2.13. The first-order valence-electron chi connectivity index (χ1n) is 15.7. The van der Waals surface area contributed by atoms with E-state index in [9.17, 15) is 64.4 Å². The molecule has 0 unspecified atom stereocenters. The monoisotopic (exact) mass is 996 g/mol. The minimum absolute atomic E-state index is 0.0584. The number of fused-ring (bicyclic) bond motifs is 3. The molecule has 0 atom stereocenters. The molecule has 6 aromatic rings. The van der Waals surface area contributed by atoms with Gasteiger partial charge in [0.1, 0.15) is 38.4 Å². The highest BCUT2D eigenvalue weighted by Gasteiger charge is 2.28. The van der Waals surface area contributed by atoms with Crippen molar-refractivity contribution in [1.29, 1.82) is 0 Å². The molecule has 0 fully saturated rings. The van der Waals surface area contributed by atoms with Gasteiger partial charge in [0.15, 0.2) is 17.2 Å². The predicted molar refractivity (Wildman–Crippen MR) is 210 cm³/mol. The van der Waals surface area contributed by atoms with E-state index < -0.39 is 113 Å². The van der Waals surface area contributed by atoms with Gasteiger partial charge in [0.25, 0.3) is 30.4 Å². The summed E-state index contributed by atoms with van der Waals surface area (Å²) in [7, 11) is -15.9. The average molecular weight is 997 g/mol. The van der Waals surface area contributed by atoms with E-state index in [0.29, 0.717) is 36.3 Å². The summed E-state index contributed by atoms with van der Waals surface area (Å²) in [4.78, 5) is -3.80. The first-order chi connectivity index (χ1) is 29.6. The molecule has 6 aromatic carbocycles. The van der Waals surface area contributed by atoms with Crippen LogP contribution in [0.15, 0.2) is 104 Å². The van der Waals surface area contributed by atoms with Crippen LogP contribution in [0.3, 0.4) is 0 Å². The Balaban J connectivity index is 1.63. The summed E-state index contributed by atoms with van der Waals surface area (Å²) in [5.41, 5.74) is -3.34. The van der Waals surface area contributed by atoms with Crippen LogP contribution >= 0.6 is 36.1 Å². The SMILES string of the molecule is O=S(=O)(O)c1cc(O)c2c(N=Nc3c(S(=O)(=O)O)cc4cc(SOOO)cc(N=Nc5c(SOOO)cc6cc(SOOO)cc(O)c6c5O)c4c3O)c(O)c(S(=O)(=O)O)cc2c1. The lowest BCUT2D eigenvalue weighted by Crippen LogP contribution is -2.01. The van der Waals surface area contributed by atoms with Gasteiger partial charge in [-0.1, -0.05) is 15.1 Å². The van der Waals surface area contributed by atoms with E-state index in [4.69, 9.17) is 15.8 Å². The van der Waals surface area contributed by atoms with Crippen LogP contribution in [0, 0.1) is 0 Å². The molecule has 0 aliphatic rings. The van der Waals surface area contributed by atoms with Gasteiger partial charge >= 0.3 is 0 Å². The molecule has 33 heteroatoms. The van der Waals surface area contributed by atoms with E-state index in [-0.39, 0.29) is 54.9 Å². The Bertz CT molecular complexity index is 3240. The largest absolute Gasteiger partial charge is 0.507 e. The minimum Gasteiger partial charge on any atom is -0.507 e. The summed E-state index contributed by atoms with van der Waals surface area (Å²) >= 11 is 0.943. The highest BCUT2D eigenvalue weighted by atomic mass is 32.2. The van der Waals surface area contributed by atoms with Crippen molar-refractivity contribution in [2.75, 3.05) is 0 Å². The third kappa shape index (κ3) is 9.94. The molecule has 0 saturated heterocycles. The van der Waals surface area contributed by atoms with Crippen molar-refractivity contribution in [1.82, 2.24) is 0 Å². The Kier molecular flexibility index (Phi) is 13.8. The lowest BCUT2D eigenvalue weighted by molar-refractivity contribution is -0.432. The van der Waals surface area contributed by atoms with Crippen molar-refractivity contribution in [3.05, 3.63) is 54.6 Å². The molecule has 0 heterocycles. The zero-order valence-corrected chi connectivity index (χ0v) is 34.7. The normalized spacial score (nSPS) is 12.8. The molecule has 6 rings (SSSR count). The molecule has 0 amide bonds. The maximum atomic E-state index is 12.8. The van der Waals surface area contributed by atoms with E-state index in [1.165, 1.54) is 12.1 Å². The number of phenols is 5. The van der Waals surface area contributed by atoms with Crippen molar-refractivity contribution in [3.8, 4) is 28.7 Å². The first-order valence-corrected chi connectivity index (χ1v) is 22.2. The van der Waals surface area contributed by atoms with Crippen molar-refractivity contribution in [2.45, 2.75) is 29.4 Å². The molecule has 27 nitrogen and oxygen atoms in total. The highest BCUT2D eigenvalue weighted by Crippen LogP contribution is 2.52. The molecule has 334 valence electrons. The number of hydrogen-bond donors (Lipinski definition) is 11. The number of aromatic hydroxyl groups is 5. The van der Waals surface area contributed by atoms with E-state index in [2.05, 4.69) is 48.6 Å². The van der Waals surface area contributed by atoms with Crippen molar-refractivity contribution in [3.63, 3.8) is 0 Å². The van der Waals surface area contributed by atoms with Crippen LogP contribution in [0.4, 0.5) is 22.7 Å². The van der Waals surface area contributed by atoms with E-state index in [1.54, 1.807) is 0 Å². The molecule has 0 spiro atoms. The molecule has 0 aliphatic heterocycles. The summed E-state index contributed by atoms with van der Waals surface area (Å²) in [6.07, 6.45) is 0. The van der Waals surface area contributed by atoms with E-state index in [1.807, 2.05) is 0 Å². The standard InChI is InChI=1S/C30H20N4O23S6/c35-17-8-14(59-56-53-41)1-10-4-19(60-57-54-42)25(30(39)24(10)17)32-31-16-7-13(58-55-52-40)2-11-5-20(62(46,47)48)26(29(38)22(11)16)33-34-27-23-12(6-21(28(27)37)63(49,50)51)3-15(9-18(23)36)61(43,44)45/h1-9,35-42H,(H,43,44,45)(H,46,47,48)(H,49,50,51). The summed E-state index contributed by atoms with van der Waals surface area (Å²) in [5, 5.41) is 105. The maximum Gasteiger partial charge on any atom is 0.298 e. The topological polar surface area (TPSA) is 430 Å². The zero-order valence-electron chi connectivity index (χ0n) is 29.8. The Morgan fingerprint density at radius 1 is 0.444 bits per heavy atom. The van der Waals surface area contributed by atoms with Gasteiger partial charge in [-0.25, -0.2) is 15.8 Å². The second-order valence-electron chi connectivity index (χ2n) is 11.8. The van der Waals surface area contributed by atoms with E-state index in [0.717, 1.165) is 18.2 Å². The molecule has 0 radical (unpaired) electrons. The van der Waals surface area contributed by atoms with Crippen LogP contribution in [0.5, 0.6) is 28.7 Å². The Morgan fingerprint density at radius 3 is 1.52 bits per heavy atom. The minimum atomic E-state index is -5.46. The van der Waals surface area contributed by atoms with Gasteiger partial charge in [-0.15, -0.1) is 33.5 Å². The fourth-order valence-electron chi connectivity index (χ4n) is 5.75. The average Bonchev–Trinajstić information content (AvgIpc) is 3.19. The molecular formula is C30H20N4O23S6. The molecule has 0 saturated carbocycles. The molecule has 0 aliphatic carbocycles. The van der Waals surface area contributed by atoms with Crippen LogP contribution in [0.25, 0.3) is 32.3 Å². The van der Waals surface area contributed by atoms with E-state index >= 15 is 0 Å². The number of nitrogens with zero attached hydrogens (tertiary/aromatic N) is 4. The van der Waals surface area contributed by atoms with Gasteiger partial charge in [-0.3, -0.25) is 13.7 Å². The number of benzene rings is 6. The molecule has 63 heavy (non-hydrogen) atoms. The van der Waals surface area contributed by atoms with Crippen molar-refractivity contribution >= 4 is 122 Å². The van der Waals surface area contributed by atoms with Crippen LogP contribution in [-0.2, 0) is 58.5 Å². The van der Waals surface area contributed by atoms with Gasteiger partial charge < -0.3 is 25.5 Å². The van der Waals surface area contributed by atoms with Crippen LogP contribution in [-0.4, -0.2) is 80.2 Å².